The molecule has 2 aliphatic heterocycles. The van der Waals surface area contributed by atoms with Crippen molar-refractivity contribution in [1.82, 2.24) is 4.98 Å². The molecule has 1 aromatic heterocycles. The van der Waals surface area contributed by atoms with Crippen LogP contribution in [0.15, 0.2) is 66.2 Å². The summed E-state index contributed by atoms with van der Waals surface area (Å²) in [6, 6.07) is 17.8. The topological polar surface area (TPSA) is 89.0 Å². The van der Waals surface area contributed by atoms with E-state index in [9.17, 15) is 14.7 Å². The van der Waals surface area contributed by atoms with Crippen molar-refractivity contribution < 1.29 is 24.2 Å². The smallest absolute Gasteiger partial charge is 0.301 e. The summed E-state index contributed by atoms with van der Waals surface area (Å²) in [4.78, 5) is 33.2. The highest BCUT2D eigenvalue weighted by atomic mass is 32.1. The summed E-state index contributed by atoms with van der Waals surface area (Å²) in [6.45, 7) is 7.03. The Labute approximate surface area is 224 Å². The van der Waals surface area contributed by atoms with Crippen molar-refractivity contribution in [3.05, 3.63) is 88.5 Å². The van der Waals surface area contributed by atoms with Crippen molar-refractivity contribution in [2.24, 2.45) is 0 Å². The van der Waals surface area contributed by atoms with E-state index in [-0.39, 0.29) is 11.3 Å². The minimum atomic E-state index is -0.842. The fourth-order valence-corrected chi connectivity index (χ4v) is 5.97. The number of carbonyl (C=O) groups excluding carboxylic acids is 2. The molecule has 0 radical (unpaired) electrons. The molecule has 3 heterocycles. The molecule has 1 atom stereocenters. The molecule has 0 aliphatic carbocycles. The number of aliphatic hydroxyl groups is 1. The highest BCUT2D eigenvalue weighted by molar-refractivity contribution is 7.22. The Balaban J connectivity index is 1.53. The Morgan fingerprint density at radius 3 is 2.47 bits per heavy atom. The molecule has 38 heavy (non-hydrogen) atoms. The lowest BCUT2D eigenvalue weighted by molar-refractivity contribution is -0.132. The molecule has 3 aromatic carbocycles. The first-order valence-corrected chi connectivity index (χ1v) is 13.3. The number of rotatable bonds is 4. The summed E-state index contributed by atoms with van der Waals surface area (Å²) in [5.74, 6) is -0.380. The average molecular weight is 527 g/mol. The van der Waals surface area contributed by atoms with Crippen LogP contribution in [0.1, 0.15) is 48.1 Å². The zero-order valence-corrected chi connectivity index (χ0v) is 22.0. The number of carbonyl (C=O) groups is 2. The van der Waals surface area contributed by atoms with Gasteiger partial charge in [0.15, 0.2) is 16.6 Å². The quantitative estimate of drug-likeness (QED) is 0.196. The number of benzene rings is 3. The second-order valence-corrected chi connectivity index (χ2v) is 10.8. The number of nitrogens with zero attached hydrogens (tertiary/aromatic N) is 2. The van der Waals surface area contributed by atoms with Crippen LogP contribution in [-0.4, -0.2) is 35.0 Å². The lowest BCUT2D eigenvalue weighted by Gasteiger charge is -2.23. The lowest BCUT2D eigenvalue weighted by atomic mass is 9.93. The largest absolute Gasteiger partial charge is 0.507 e. The van der Waals surface area contributed by atoms with Crippen molar-refractivity contribution in [1.29, 1.82) is 0 Å². The fourth-order valence-electron chi connectivity index (χ4n) is 4.88. The van der Waals surface area contributed by atoms with Crippen LogP contribution in [-0.2, 0) is 9.59 Å². The molecule has 1 amide bonds. The zero-order chi connectivity index (χ0) is 26.6. The number of aliphatic hydroxyl groups excluding tert-OH is 1. The monoisotopic (exact) mass is 526 g/mol. The van der Waals surface area contributed by atoms with Crippen LogP contribution in [0, 0.1) is 6.92 Å². The average Bonchev–Trinajstić information content (AvgIpc) is 3.45. The van der Waals surface area contributed by atoms with Crippen LogP contribution in [0.3, 0.4) is 0 Å². The Kier molecular flexibility index (Phi) is 5.91. The highest BCUT2D eigenvalue weighted by Gasteiger charge is 2.48. The minimum Gasteiger partial charge on any atom is -0.507 e. The van der Waals surface area contributed by atoms with Gasteiger partial charge in [-0.3, -0.25) is 14.5 Å². The molecule has 0 unspecified atom stereocenters. The summed E-state index contributed by atoms with van der Waals surface area (Å²) < 4.78 is 12.2. The first-order valence-electron chi connectivity index (χ1n) is 12.5. The third-order valence-electron chi connectivity index (χ3n) is 6.92. The number of anilines is 1. The van der Waals surface area contributed by atoms with Gasteiger partial charge in [0, 0.05) is 5.56 Å². The molecule has 192 valence electrons. The van der Waals surface area contributed by atoms with Gasteiger partial charge in [0.25, 0.3) is 5.78 Å². The van der Waals surface area contributed by atoms with E-state index in [0.717, 1.165) is 21.3 Å². The van der Waals surface area contributed by atoms with E-state index in [4.69, 9.17) is 14.5 Å². The van der Waals surface area contributed by atoms with Gasteiger partial charge in [-0.1, -0.05) is 55.5 Å². The van der Waals surface area contributed by atoms with Crippen LogP contribution < -0.4 is 14.4 Å². The minimum absolute atomic E-state index is 0.0133. The van der Waals surface area contributed by atoms with Gasteiger partial charge in [-0.25, -0.2) is 4.98 Å². The van der Waals surface area contributed by atoms with Crippen molar-refractivity contribution in [2.75, 3.05) is 18.1 Å². The van der Waals surface area contributed by atoms with E-state index in [1.807, 2.05) is 49.4 Å². The molecule has 0 saturated carbocycles. The number of ketones is 1. The molecule has 6 rings (SSSR count). The molecular formula is C30H26N2O5S. The molecular weight excluding hydrogens is 500 g/mol. The van der Waals surface area contributed by atoms with Crippen molar-refractivity contribution in [2.45, 2.75) is 32.7 Å². The number of Topliss-reactive ketones (excluding diaryl/α,β-unsaturated/α-hetero) is 1. The molecule has 1 fully saturated rings. The number of amides is 1. The molecule has 8 heteroatoms. The van der Waals surface area contributed by atoms with Gasteiger partial charge < -0.3 is 14.6 Å². The van der Waals surface area contributed by atoms with Crippen LogP contribution in [0.5, 0.6) is 11.5 Å². The molecule has 0 bridgehead atoms. The summed E-state index contributed by atoms with van der Waals surface area (Å²) in [7, 11) is 0. The van der Waals surface area contributed by atoms with Crippen molar-refractivity contribution >= 4 is 44.1 Å². The van der Waals surface area contributed by atoms with E-state index < -0.39 is 17.7 Å². The standard InChI is InChI=1S/C30H26N2O5S/c1-16(2)18-5-7-19(8-6-18)26-25(27(33)20-9-11-22-23(15-20)37-13-12-36-22)28(34)29(35)32(26)30-31-21-10-4-17(3)14-24(21)38-30/h4-11,14-16,26,33H,12-13H2,1-3H3/t26-/m0/s1. The third-order valence-corrected chi connectivity index (χ3v) is 7.94. The number of aryl methyl sites for hydroxylation is 1. The van der Waals surface area contributed by atoms with Gasteiger partial charge in [0.05, 0.1) is 21.8 Å². The van der Waals surface area contributed by atoms with Gasteiger partial charge in [-0.2, -0.15) is 0 Å². The van der Waals surface area contributed by atoms with E-state index in [1.54, 1.807) is 18.2 Å². The molecule has 1 N–H and O–H groups in total. The first kappa shape index (κ1) is 24.2. The number of thiazole rings is 1. The van der Waals surface area contributed by atoms with Crippen LogP contribution >= 0.6 is 11.3 Å². The first-order chi connectivity index (χ1) is 18.3. The van der Waals surface area contributed by atoms with E-state index in [2.05, 4.69) is 13.8 Å². The summed E-state index contributed by atoms with van der Waals surface area (Å²) in [5, 5.41) is 11.9. The van der Waals surface area contributed by atoms with Gasteiger partial charge in [0.2, 0.25) is 0 Å². The van der Waals surface area contributed by atoms with E-state index >= 15 is 0 Å². The number of hydrogen-bond donors (Lipinski definition) is 1. The molecule has 4 aromatic rings. The third kappa shape index (κ3) is 4.01. The summed E-state index contributed by atoms with van der Waals surface area (Å²) >= 11 is 1.35. The summed E-state index contributed by atoms with van der Waals surface area (Å²) in [5.41, 5.74) is 4.05. The zero-order valence-electron chi connectivity index (χ0n) is 21.2. The lowest BCUT2D eigenvalue weighted by Crippen LogP contribution is -2.29. The van der Waals surface area contributed by atoms with E-state index in [1.165, 1.54) is 16.2 Å². The van der Waals surface area contributed by atoms with Crippen molar-refractivity contribution in [3.63, 3.8) is 0 Å². The van der Waals surface area contributed by atoms with Gasteiger partial charge in [0.1, 0.15) is 19.0 Å². The Hall–Kier alpha value is -4.17. The van der Waals surface area contributed by atoms with Gasteiger partial charge >= 0.3 is 5.91 Å². The van der Waals surface area contributed by atoms with Gasteiger partial charge in [-0.15, -0.1) is 0 Å². The molecule has 0 spiro atoms. The fraction of sp³-hybridized carbons (Fsp3) is 0.233. The predicted octanol–water partition coefficient (Wildman–Crippen LogP) is 6.13. The maximum Gasteiger partial charge on any atom is 0.301 e. The van der Waals surface area contributed by atoms with Crippen LogP contribution in [0.2, 0.25) is 0 Å². The Bertz CT molecular complexity index is 1620. The molecule has 1 saturated heterocycles. The number of hydrogen-bond acceptors (Lipinski definition) is 7. The Morgan fingerprint density at radius 1 is 1.00 bits per heavy atom. The number of ether oxygens (including phenoxy) is 2. The van der Waals surface area contributed by atoms with E-state index in [0.29, 0.717) is 46.9 Å². The predicted molar refractivity (Wildman–Crippen MR) is 147 cm³/mol. The second kappa shape index (κ2) is 9.29. The van der Waals surface area contributed by atoms with Gasteiger partial charge in [-0.05, 0) is 59.9 Å². The Morgan fingerprint density at radius 2 is 1.74 bits per heavy atom. The molecule has 7 nitrogen and oxygen atoms in total. The summed E-state index contributed by atoms with van der Waals surface area (Å²) in [6.07, 6.45) is 0. The maximum absolute atomic E-state index is 13.5. The number of aromatic nitrogens is 1. The molecule has 2 aliphatic rings. The number of fused-ring (bicyclic) bond motifs is 2. The highest BCUT2D eigenvalue weighted by Crippen LogP contribution is 2.45. The second-order valence-electron chi connectivity index (χ2n) is 9.82. The van der Waals surface area contributed by atoms with Crippen LogP contribution in [0.4, 0.5) is 5.13 Å². The normalized spacial score (nSPS) is 18.5. The van der Waals surface area contributed by atoms with Crippen LogP contribution in [0.25, 0.3) is 16.0 Å². The van der Waals surface area contributed by atoms with Crippen molar-refractivity contribution in [3.8, 4) is 11.5 Å². The maximum atomic E-state index is 13.5. The SMILES string of the molecule is Cc1ccc2nc(N3C(=O)C(=O)C(=C(O)c4ccc5c(c4)OCCO5)[C@@H]3c3ccc(C(C)C)cc3)sc2c1.